The number of fused-ring (bicyclic) bond motifs is 1. The van der Waals surface area contributed by atoms with Gasteiger partial charge in [-0.25, -0.2) is 4.39 Å². The molecule has 0 aliphatic rings. The second kappa shape index (κ2) is 4.67. The molecule has 0 aliphatic carbocycles. The number of phenolic OH excluding ortho intramolecular Hbond substituents is 1. The van der Waals surface area contributed by atoms with Crippen LogP contribution in [0.25, 0.3) is 21.9 Å². The summed E-state index contributed by atoms with van der Waals surface area (Å²) < 4.78 is 62.3. The number of hydrogen-bond acceptors (Lipinski definition) is 1. The van der Waals surface area contributed by atoms with Crippen LogP contribution in [0, 0.1) is 5.82 Å². The van der Waals surface area contributed by atoms with Gasteiger partial charge < -0.3 is 5.11 Å². The summed E-state index contributed by atoms with van der Waals surface area (Å²) >= 11 is 3.03. The third-order valence-corrected chi connectivity index (χ3v) is 3.31. The minimum absolute atomic E-state index is 0.0971. The lowest BCUT2D eigenvalue weighted by molar-refractivity contribution is 0.477. The minimum Gasteiger partial charge on any atom is -0.507 e. The van der Waals surface area contributed by atoms with Crippen LogP contribution in [0.1, 0.15) is 8.22 Å². The van der Waals surface area contributed by atoms with E-state index in [9.17, 15) is 9.50 Å². The molecule has 1 nitrogen and oxygen atoms in total. The van der Waals surface area contributed by atoms with Crippen molar-refractivity contribution in [3.05, 3.63) is 64.7 Å². The summed E-state index contributed by atoms with van der Waals surface area (Å²) in [5, 5.41) is 9.95. The molecular formula is C16H10BrFO. The van der Waals surface area contributed by atoms with E-state index in [0.29, 0.717) is 0 Å². The lowest BCUT2D eigenvalue weighted by Gasteiger charge is -2.11. The topological polar surface area (TPSA) is 20.2 Å². The van der Waals surface area contributed by atoms with Crippen LogP contribution < -0.4 is 0 Å². The molecule has 0 atom stereocenters. The maximum absolute atomic E-state index is 14.6. The van der Waals surface area contributed by atoms with Gasteiger partial charge in [-0.15, -0.1) is 0 Å². The van der Waals surface area contributed by atoms with Crippen LogP contribution >= 0.6 is 15.9 Å². The van der Waals surface area contributed by atoms with Crippen LogP contribution in [0.5, 0.6) is 5.75 Å². The first-order valence-corrected chi connectivity index (χ1v) is 6.14. The highest BCUT2D eigenvalue weighted by Gasteiger charge is 2.14. The third-order valence-electron chi connectivity index (χ3n) is 2.70. The van der Waals surface area contributed by atoms with Crippen molar-refractivity contribution < 1.29 is 17.7 Å². The molecule has 1 N–H and O–H groups in total. The largest absolute Gasteiger partial charge is 0.507 e. The molecule has 0 radical (unpaired) electrons. The molecule has 94 valence electrons. The maximum atomic E-state index is 14.6. The van der Waals surface area contributed by atoms with Gasteiger partial charge in [-0.05, 0) is 38.8 Å². The number of rotatable bonds is 1. The van der Waals surface area contributed by atoms with E-state index < -0.39 is 47.8 Å². The van der Waals surface area contributed by atoms with Gasteiger partial charge in [0.2, 0.25) is 0 Å². The first-order valence-electron chi connectivity index (χ1n) is 8.35. The van der Waals surface area contributed by atoms with Gasteiger partial charge in [0.15, 0.2) is 0 Å². The van der Waals surface area contributed by atoms with Crippen LogP contribution in [-0.2, 0) is 0 Å². The lowest BCUT2D eigenvalue weighted by atomic mass is 9.97. The maximum Gasteiger partial charge on any atom is 0.145 e. The fourth-order valence-electron chi connectivity index (χ4n) is 1.86. The molecular weight excluding hydrogens is 307 g/mol. The fraction of sp³-hybridized carbons (Fsp3) is 0. The van der Waals surface area contributed by atoms with Crippen molar-refractivity contribution in [1.29, 1.82) is 0 Å². The minimum atomic E-state index is -0.747. The summed E-state index contributed by atoms with van der Waals surface area (Å²) in [6, 6.07) is 0.957. The van der Waals surface area contributed by atoms with E-state index in [-0.39, 0.29) is 26.4 Å². The van der Waals surface area contributed by atoms with Crippen molar-refractivity contribution in [2.24, 2.45) is 0 Å². The van der Waals surface area contributed by atoms with E-state index in [1.54, 1.807) is 0 Å². The van der Waals surface area contributed by atoms with E-state index in [4.69, 9.17) is 8.22 Å². The van der Waals surface area contributed by atoms with Gasteiger partial charge in [0.25, 0.3) is 0 Å². The number of phenols is 1. The number of aromatic hydroxyl groups is 1. The molecule has 0 unspecified atom stereocenters. The molecule has 0 spiro atoms. The van der Waals surface area contributed by atoms with Gasteiger partial charge in [-0.3, -0.25) is 0 Å². The smallest absolute Gasteiger partial charge is 0.145 e. The number of halogens is 2. The molecule has 3 aromatic carbocycles. The predicted molar refractivity (Wildman–Crippen MR) is 78.7 cm³/mol. The Morgan fingerprint density at radius 3 is 2.74 bits per heavy atom. The summed E-state index contributed by atoms with van der Waals surface area (Å²) in [4.78, 5) is 0. The van der Waals surface area contributed by atoms with E-state index >= 15 is 0 Å². The van der Waals surface area contributed by atoms with Crippen molar-refractivity contribution in [1.82, 2.24) is 0 Å². The summed E-state index contributed by atoms with van der Waals surface area (Å²) in [5.41, 5.74) is -0.364. The molecule has 19 heavy (non-hydrogen) atoms. The highest BCUT2D eigenvalue weighted by atomic mass is 79.9. The Hall–Kier alpha value is -1.87. The highest BCUT2D eigenvalue weighted by molar-refractivity contribution is 9.10. The fourth-order valence-corrected chi connectivity index (χ4v) is 2.22. The molecule has 3 aromatic rings. The second-order valence-corrected chi connectivity index (χ2v) is 4.68. The van der Waals surface area contributed by atoms with Gasteiger partial charge in [0.1, 0.15) is 11.6 Å². The van der Waals surface area contributed by atoms with Crippen molar-refractivity contribution in [2.45, 2.75) is 0 Å². The summed E-state index contributed by atoms with van der Waals surface area (Å²) in [6.07, 6.45) is 0. The SMILES string of the molecule is [2H]c1c([2H])c([2H])c2c(-c3cccc(Br)c3F)c(O)c([2H])c([2H])c2c1[2H]. The molecule has 3 rings (SSSR count). The Morgan fingerprint density at radius 1 is 1.11 bits per heavy atom. The molecule has 3 heteroatoms. The summed E-state index contributed by atoms with van der Waals surface area (Å²) in [6.45, 7) is 0. The Morgan fingerprint density at radius 2 is 1.89 bits per heavy atom. The number of benzene rings is 3. The quantitative estimate of drug-likeness (QED) is 0.659. The highest BCUT2D eigenvalue weighted by Crippen LogP contribution is 2.38. The lowest BCUT2D eigenvalue weighted by Crippen LogP contribution is -1.88. The zero-order chi connectivity index (χ0) is 18.6. The van der Waals surface area contributed by atoms with Crippen LogP contribution in [-0.4, -0.2) is 5.11 Å². The Labute approximate surface area is 126 Å². The molecule has 0 heterocycles. The Kier molecular flexibility index (Phi) is 1.73. The Bertz CT molecular complexity index is 1050. The van der Waals surface area contributed by atoms with Gasteiger partial charge in [0.05, 0.1) is 12.7 Å². The van der Waals surface area contributed by atoms with E-state index in [1.165, 1.54) is 18.2 Å². The van der Waals surface area contributed by atoms with Gasteiger partial charge in [-0.1, -0.05) is 42.3 Å². The number of hydrogen-bond donors (Lipinski definition) is 1. The molecule has 0 saturated heterocycles. The Balaban J connectivity index is 2.67. The van der Waals surface area contributed by atoms with Gasteiger partial charge in [0, 0.05) is 11.1 Å². The molecule has 0 saturated carbocycles. The first kappa shape index (κ1) is 7.06. The third kappa shape index (κ3) is 2.00. The predicted octanol–water partition coefficient (Wildman–Crippen LogP) is 5.11. The standard InChI is InChI=1S/C16H10BrFO/c17-13-7-3-6-12(16(13)18)15-11-5-2-1-4-10(11)8-9-14(15)19/h1-9,19H/i1D,2D,4D,5D,8D,9D. The van der Waals surface area contributed by atoms with E-state index in [2.05, 4.69) is 15.9 Å². The summed E-state index contributed by atoms with van der Waals surface area (Å²) in [5.74, 6) is -1.46. The molecule has 0 aliphatic heterocycles. The molecule has 0 fully saturated rings. The first-order chi connectivity index (χ1) is 11.7. The monoisotopic (exact) mass is 322 g/mol. The molecule has 0 aromatic heterocycles. The van der Waals surface area contributed by atoms with E-state index in [1.807, 2.05) is 0 Å². The summed E-state index contributed by atoms with van der Waals surface area (Å²) in [7, 11) is 0. The average Bonchev–Trinajstić information content (AvgIpc) is 2.58. The average molecular weight is 323 g/mol. The van der Waals surface area contributed by atoms with Crippen molar-refractivity contribution >= 4 is 26.7 Å². The van der Waals surface area contributed by atoms with Crippen LogP contribution in [0.15, 0.2) is 58.9 Å². The molecule has 0 bridgehead atoms. The second-order valence-electron chi connectivity index (χ2n) is 3.82. The van der Waals surface area contributed by atoms with Crippen LogP contribution in [0.4, 0.5) is 4.39 Å². The zero-order valence-electron chi connectivity index (χ0n) is 15.4. The van der Waals surface area contributed by atoms with Gasteiger partial charge >= 0.3 is 0 Å². The van der Waals surface area contributed by atoms with Crippen LogP contribution in [0.3, 0.4) is 0 Å². The van der Waals surface area contributed by atoms with Crippen molar-refractivity contribution in [3.63, 3.8) is 0 Å². The van der Waals surface area contributed by atoms with Crippen LogP contribution in [0.2, 0.25) is 0 Å². The zero-order valence-corrected chi connectivity index (χ0v) is 11.0. The molecule has 0 amide bonds. The van der Waals surface area contributed by atoms with Gasteiger partial charge in [-0.2, -0.15) is 0 Å². The normalized spacial score (nSPS) is 15.3. The van der Waals surface area contributed by atoms with Crippen molar-refractivity contribution in [3.8, 4) is 16.9 Å². The van der Waals surface area contributed by atoms with E-state index in [0.717, 1.165) is 0 Å². The van der Waals surface area contributed by atoms with Crippen molar-refractivity contribution in [2.75, 3.05) is 0 Å².